The summed E-state index contributed by atoms with van der Waals surface area (Å²) in [5, 5.41) is 4.22. The molecule has 3 heterocycles. The molecule has 0 atom stereocenters. The average Bonchev–Trinajstić information content (AvgIpc) is 3.58. The van der Waals surface area contributed by atoms with E-state index in [0.717, 1.165) is 54.7 Å². The van der Waals surface area contributed by atoms with Crippen LogP contribution in [-0.4, -0.2) is 52.2 Å². The molecule has 1 fully saturated rings. The number of nitrogens with zero attached hydrogens (tertiary/aromatic N) is 5. The maximum atomic E-state index is 14.5. The first-order valence-corrected chi connectivity index (χ1v) is 14.5. The maximum absolute atomic E-state index is 14.5. The van der Waals surface area contributed by atoms with Crippen molar-refractivity contribution >= 4 is 17.3 Å². The van der Waals surface area contributed by atoms with Crippen LogP contribution in [0.3, 0.4) is 0 Å². The zero-order valence-electron chi connectivity index (χ0n) is 24.0. The van der Waals surface area contributed by atoms with E-state index in [4.69, 9.17) is 0 Å². The number of hydrogen-bond donors (Lipinski definition) is 0. The normalized spacial score (nSPS) is 20.8. The highest BCUT2D eigenvalue weighted by Gasteiger charge is 2.32. The molecule has 0 N–H and O–H groups in total. The van der Waals surface area contributed by atoms with Crippen molar-refractivity contribution in [2.24, 2.45) is 7.05 Å². The summed E-state index contributed by atoms with van der Waals surface area (Å²) in [4.78, 5) is 18.9. The monoisotopic (exact) mass is 547 g/mol. The lowest BCUT2D eigenvalue weighted by Crippen LogP contribution is -2.31. The number of carbonyl (C=O) groups is 1. The van der Waals surface area contributed by atoms with Crippen LogP contribution in [0.2, 0.25) is 0 Å². The molecule has 2 aliphatic heterocycles. The summed E-state index contributed by atoms with van der Waals surface area (Å²) in [5.74, 6) is 0.538. The Kier molecular flexibility index (Phi) is 7.15. The molecule has 0 radical (unpaired) electrons. The summed E-state index contributed by atoms with van der Waals surface area (Å²) in [6.45, 7) is 3.57. The Morgan fingerprint density at radius 1 is 1.02 bits per heavy atom. The number of aromatic nitrogens is 2. The minimum absolute atomic E-state index is 0.0406. The van der Waals surface area contributed by atoms with E-state index in [0.29, 0.717) is 36.2 Å². The average molecular weight is 548 g/mol. The highest BCUT2D eigenvalue weighted by molar-refractivity contribution is 5.80. The van der Waals surface area contributed by atoms with E-state index in [1.807, 2.05) is 11.0 Å². The van der Waals surface area contributed by atoms with Gasteiger partial charge in [-0.15, -0.1) is 0 Å². The van der Waals surface area contributed by atoms with Gasteiger partial charge in [0, 0.05) is 73.9 Å². The number of rotatable bonds is 5. The number of carbonyl (C=O) groups excluding carboxylic acids is 1. The molecule has 2 aromatic carbocycles. The van der Waals surface area contributed by atoms with Gasteiger partial charge in [-0.3, -0.25) is 9.48 Å². The molecule has 1 aromatic heterocycles. The van der Waals surface area contributed by atoms with E-state index in [-0.39, 0.29) is 11.5 Å². The quantitative estimate of drug-likeness (QED) is 0.363. The third-order valence-corrected chi connectivity index (χ3v) is 9.31. The van der Waals surface area contributed by atoms with Crippen molar-refractivity contribution in [1.82, 2.24) is 19.6 Å². The van der Waals surface area contributed by atoms with E-state index >= 15 is 0 Å². The van der Waals surface area contributed by atoms with Gasteiger partial charge >= 0.3 is 0 Å². The van der Waals surface area contributed by atoms with Crippen LogP contribution < -0.4 is 4.90 Å². The largest absolute Gasteiger partial charge is 0.341 e. The Morgan fingerprint density at radius 2 is 1.80 bits per heavy atom. The van der Waals surface area contributed by atoms with Gasteiger partial charge in [-0.1, -0.05) is 6.07 Å². The van der Waals surface area contributed by atoms with Gasteiger partial charge in [0.25, 0.3) is 6.43 Å². The number of halogens is 2. The fourth-order valence-corrected chi connectivity index (χ4v) is 7.03. The summed E-state index contributed by atoms with van der Waals surface area (Å²) in [6, 6.07) is 8.92. The first kappa shape index (κ1) is 26.9. The van der Waals surface area contributed by atoms with Gasteiger partial charge in [0.1, 0.15) is 0 Å². The Hall–Kier alpha value is -3.26. The van der Waals surface area contributed by atoms with Gasteiger partial charge in [0.05, 0.1) is 6.20 Å². The minimum atomic E-state index is -2.60. The van der Waals surface area contributed by atoms with Crippen molar-refractivity contribution in [1.29, 1.82) is 0 Å². The van der Waals surface area contributed by atoms with Gasteiger partial charge in [-0.05, 0) is 99.0 Å². The highest BCUT2D eigenvalue weighted by Crippen LogP contribution is 2.46. The van der Waals surface area contributed by atoms with Crippen LogP contribution in [0.25, 0.3) is 11.1 Å². The van der Waals surface area contributed by atoms with E-state index in [2.05, 4.69) is 41.1 Å². The van der Waals surface area contributed by atoms with Crippen LogP contribution >= 0.6 is 0 Å². The second-order valence-electron chi connectivity index (χ2n) is 12.0. The van der Waals surface area contributed by atoms with Gasteiger partial charge < -0.3 is 14.7 Å². The SMILES string of the molecule is CC(=O)N1Cc2cc(C3CCC(N(C)C)CC3)cc(N3CCCc4cc(-c5cnn(C)c5)c(C(F)F)cc43)c2C1. The van der Waals surface area contributed by atoms with E-state index in [9.17, 15) is 13.6 Å². The zero-order chi connectivity index (χ0) is 28.1. The second-order valence-corrected chi connectivity index (χ2v) is 12.0. The van der Waals surface area contributed by atoms with Crippen molar-refractivity contribution in [2.45, 2.75) is 76.9 Å². The van der Waals surface area contributed by atoms with Crippen LogP contribution in [-0.2, 0) is 31.4 Å². The summed E-state index contributed by atoms with van der Waals surface area (Å²) in [5.41, 5.74) is 8.03. The molecule has 0 saturated heterocycles. The third kappa shape index (κ3) is 4.91. The molecule has 212 valence electrons. The molecule has 3 aromatic rings. The molecule has 40 heavy (non-hydrogen) atoms. The summed E-state index contributed by atoms with van der Waals surface area (Å²) < 4.78 is 30.6. The summed E-state index contributed by atoms with van der Waals surface area (Å²) >= 11 is 0. The number of benzene rings is 2. The molecule has 0 spiro atoms. The fraction of sp³-hybridized carbons (Fsp3) is 0.500. The molecule has 3 aliphatic rings. The smallest absolute Gasteiger partial charge is 0.264 e. The first-order valence-electron chi connectivity index (χ1n) is 14.5. The van der Waals surface area contributed by atoms with Crippen LogP contribution in [0.4, 0.5) is 20.2 Å². The molecular formula is C32H39F2N5O. The van der Waals surface area contributed by atoms with Crippen molar-refractivity contribution < 1.29 is 13.6 Å². The van der Waals surface area contributed by atoms with E-state index in [1.165, 1.54) is 24.0 Å². The highest BCUT2D eigenvalue weighted by atomic mass is 19.3. The Morgan fingerprint density at radius 3 is 2.45 bits per heavy atom. The van der Waals surface area contributed by atoms with Crippen LogP contribution in [0.15, 0.2) is 36.7 Å². The van der Waals surface area contributed by atoms with Crippen LogP contribution in [0, 0.1) is 0 Å². The van der Waals surface area contributed by atoms with E-state index < -0.39 is 6.43 Å². The second kappa shape index (κ2) is 10.6. The van der Waals surface area contributed by atoms with E-state index in [1.54, 1.807) is 37.1 Å². The minimum Gasteiger partial charge on any atom is -0.341 e. The summed E-state index contributed by atoms with van der Waals surface area (Å²) in [6.07, 6.45) is 7.26. The molecule has 1 amide bonds. The molecule has 6 rings (SSSR count). The predicted octanol–water partition coefficient (Wildman–Crippen LogP) is 6.56. The molecule has 0 unspecified atom stereocenters. The van der Waals surface area contributed by atoms with Gasteiger partial charge in [-0.2, -0.15) is 5.10 Å². The topological polar surface area (TPSA) is 44.6 Å². The number of aryl methyl sites for hydroxylation is 2. The van der Waals surface area contributed by atoms with Gasteiger partial charge in [0.15, 0.2) is 0 Å². The first-order chi connectivity index (χ1) is 19.2. The lowest BCUT2D eigenvalue weighted by molar-refractivity contribution is -0.129. The fourth-order valence-electron chi connectivity index (χ4n) is 7.03. The number of fused-ring (bicyclic) bond motifs is 2. The van der Waals surface area contributed by atoms with Gasteiger partial charge in [-0.25, -0.2) is 8.78 Å². The molecule has 0 bridgehead atoms. The Labute approximate surface area is 235 Å². The third-order valence-electron chi connectivity index (χ3n) is 9.31. The molecule has 1 saturated carbocycles. The predicted molar refractivity (Wildman–Crippen MR) is 154 cm³/mol. The van der Waals surface area contributed by atoms with Gasteiger partial charge in [0.2, 0.25) is 5.91 Å². The zero-order valence-corrected chi connectivity index (χ0v) is 24.0. The number of alkyl halides is 2. The molecular weight excluding hydrogens is 508 g/mol. The van der Waals surface area contributed by atoms with Crippen molar-refractivity contribution in [2.75, 3.05) is 25.5 Å². The van der Waals surface area contributed by atoms with Crippen molar-refractivity contribution in [3.63, 3.8) is 0 Å². The van der Waals surface area contributed by atoms with Crippen LogP contribution in [0.1, 0.15) is 79.2 Å². The van der Waals surface area contributed by atoms with Crippen molar-refractivity contribution in [3.8, 4) is 11.1 Å². The molecule has 6 nitrogen and oxygen atoms in total. The lowest BCUT2D eigenvalue weighted by Gasteiger charge is -2.36. The maximum Gasteiger partial charge on any atom is 0.264 e. The standard InChI is InChI=1S/C32H39F2N5O/c1-20(40)38-18-24-12-23(21-7-9-26(10-8-21)36(2)3)14-31(29(24)19-38)39-11-5-6-22-13-27(25-16-35-37(4)17-25)28(32(33)34)15-30(22)39/h12-17,21,26,32H,5-11,18-19H2,1-4H3. The van der Waals surface area contributed by atoms with Crippen molar-refractivity contribution in [3.05, 3.63) is 64.5 Å². The molecule has 8 heteroatoms. The summed E-state index contributed by atoms with van der Waals surface area (Å²) in [7, 11) is 6.13. The Balaban J connectivity index is 1.43. The number of amides is 1. The van der Waals surface area contributed by atoms with Crippen LogP contribution in [0.5, 0.6) is 0 Å². The Bertz CT molecular complexity index is 1420. The lowest BCUT2D eigenvalue weighted by atomic mass is 9.80. The molecule has 1 aliphatic carbocycles. The number of hydrogen-bond acceptors (Lipinski definition) is 4. The number of anilines is 2.